The van der Waals surface area contributed by atoms with Crippen molar-refractivity contribution in [3.05, 3.63) is 23.8 Å². The quantitative estimate of drug-likeness (QED) is 0.657. The van der Waals surface area contributed by atoms with Gasteiger partial charge >= 0.3 is 7.82 Å². The molecule has 0 bridgehead atoms. The van der Waals surface area contributed by atoms with Crippen LogP contribution in [0.15, 0.2) is 18.2 Å². The molecule has 0 amide bonds. The molecule has 1 aromatic rings. The molecule has 0 unspecified atom stereocenters. The molecule has 0 aromatic heterocycles. The number of hydrogen-bond donors (Lipinski definition) is 2. The lowest BCUT2D eigenvalue weighted by Gasteiger charge is -2.11. The Morgan fingerprint density at radius 3 is 2.53 bits per heavy atom. The molecule has 15 heavy (non-hydrogen) atoms. The highest BCUT2D eigenvalue weighted by atomic mass is 79.9. The Balaban J connectivity index is 3.06. The maximum atomic E-state index is 10.7. The van der Waals surface area contributed by atoms with E-state index in [1.807, 2.05) is 0 Å². The third-order valence-corrected chi connectivity index (χ3v) is 2.68. The lowest BCUT2D eigenvalue weighted by molar-refractivity contribution is 0.276. The minimum absolute atomic E-state index is 0.0304. The van der Waals surface area contributed by atoms with Crippen LogP contribution in [0.3, 0.4) is 0 Å². The molecule has 5 nitrogen and oxygen atoms in total. The van der Waals surface area contributed by atoms with Gasteiger partial charge in [-0.05, 0) is 17.7 Å². The van der Waals surface area contributed by atoms with Gasteiger partial charge in [-0.25, -0.2) is 4.57 Å². The second-order valence-electron chi connectivity index (χ2n) is 2.70. The number of methoxy groups -OCH3 is 1. The first-order valence-corrected chi connectivity index (χ1v) is 6.59. The predicted octanol–water partition coefficient (Wildman–Crippen LogP) is 2.06. The van der Waals surface area contributed by atoms with Crippen molar-refractivity contribution in [2.45, 2.75) is 5.33 Å². The van der Waals surface area contributed by atoms with Crippen molar-refractivity contribution in [2.24, 2.45) is 0 Å². The van der Waals surface area contributed by atoms with Gasteiger partial charge in [0.2, 0.25) is 0 Å². The van der Waals surface area contributed by atoms with Crippen molar-refractivity contribution in [1.29, 1.82) is 0 Å². The van der Waals surface area contributed by atoms with E-state index < -0.39 is 7.82 Å². The molecule has 0 atom stereocenters. The van der Waals surface area contributed by atoms with Gasteiger partial charge in [-0.15, -0.1) is 0 Å². The Morgan fingerprint density at radius 2 is 2.07 bits per heavy atom. The normalized spacial score (nSPS) is 11.2. The van der Waals surface area contributed by atoms with Gasteiger partial charge in [0.15, 0.2) is 11.5 Å². The molecule has 0 aliphatic heterocycles. The number of ether oxygens (including phenoxy) is 1. The predicted molar refractivity (Wildman–Crippen MR) is 58.3 cm³/mol. The fraction of sp³-hybridized carbons (Fsp3) is 0.250. The van der Waals surface area contributed by atoms with Crippen molar-refractivity contribution in [2.75, 3.05) is 7.11 Å². The van der Waals surface area contributed by atoms with Gasteiger partial charge in [-0.1, -0.05) is 22.0 Å². The van der Waals surface area contributed by atoms with E-state index in [2.05, 4.69) is 20.5 Å². The molecule has 0 spiro atoms. The van der Waals surface area contributed by atoms with E-state index in [0.29, 0.717) is 5.33 Å². The van der Waals surface area contributed by atoms with Crippen LogP contribution in [0.4, 0.5) is 0 Å². The van der Waals surface area contributed by atoms with Gasteiger partial charge in [-0.2, -0.15) is 0 Å². The summed E-state index contributed by atoms with van der Waals surface area (Å²) in [5.74, 6) is 0.311. The molecule has 84 valence electrons. The first-order valence-electron chi connectivity index (χ1n) is 3.94. The molecule has 0 saturated carbocycles. The summed E-state index contributed by atoms with van der Waals surface area (Å²) in [6.45, 7) is 0. The molecule has 0 aliphatic carbocycles. The number of alkyl halides is 1. The third-order valence-electron chi connectivity index (χ3n) is 1.60. The Bertz CT molecular complexity index is 389. The smallest absolute Gasteiger partial charge is 0.493 e. The summed E-state index contributed by atoms with van der Waals surface area (Å²) in [6, 6.07) is 4.86. The van der Waals surface area contributed by atoms with Crippen molar-refractivity contribution in [3.8, 4) is 11.5 Å². The zero-order valence-corrected chi connectivity index (χ0v) is 10.4. The molecular formula is C8H10BrO5P. The number of phosphoric ester groups is 1. The summed E-state index contributed by atoms with van der Waals surface area (Å²) in [4.78, 5) is 17.4. The van der Waals surface area contributed by atoms with Gasteiger partial charge in [0.05, 0.1) is 7.11 Å². The van der Waals surface area contributed by atoms with Crippen molar-refractivity contribution in [1.82, 2.24) is 0 Å². The van der Waals surface area contributed by atoms with E-state index in [1.165, 1.54) is 13.2 Å². The molecule has 0 radical (unpaired) electrons. The number of phosphoric acid groups is 1. The summed E-state index contributed by atoms with van der Waals surface area (Å²) < 4.78 is 20.1. The van der Waals surface area contributed by atoms with Crippen molar-refractivity contribution >= 4 is 23.8 Å². The van der Waals surface area contributed by atoms with Gasteiger partial charge < -0.3 is 9.26 Å². The Labute approximate surface area is 95.4 Å². The van der Waals surface area contributed by atoms with Crippen LogP contribution in [-0.4, -0.2) is 16.9 Å². The molecule has 0 saturated heterocycles. The van der Waals surface area contributed by atoms with Gasteiger partial charge in [0.25, 0.3) is 0 Å². The number of benzene rings is 1. The molecule has 2 N–H and O–H groups in total. The minimum Gasteiger partial charge on any atom is -0.493 e. The second kappa shape index (κ2) is 4.99. The van der Waals surface area contributed by atoms with Crippen LogP contribution in [0.25, 0.3) is 0 Å². The SMILES string of the molecule is COc1ccc(CBr)cc1OP(=O)(O)O. The monoisotopic (exact) mass is 296 g/mol. The average molecular weight is 297 g/mol. The summed E-state index contributed by atoms with van der Waals surface area (Å²) in [5.41, 5.74) is 0.833. The van der Waals surface area contributed by atoms with Crippen LogP contribution >= 0.6 is 23.8 Å². The minimum atomic E-state index is -4.55. The number of hydrogen-bond acceptors (Lipinski definition) is 3. The highest BCUT2D eigenvalue weighted by molar-refractivity contribution is 9.08. The Kier molecular flexibility index (Phi) is 4.16. The highest BCUT2D eigenvalue weighted by Gasteiger charge is 2.19. The average Bonchev–Trinajstić information content (AvgIpc) is 2.15. The highest BCUT2D eigenvalue weighted by Crippen LogP contribution is 2.42. The summed E-state index contributed by atoms with van der Waals surface area (Å²) in [5, 5.41) is 0.564. The molecule has 0 fully saturated rings. The molecule has 1 aromatic carbocycles. The standard InChI is InChI=1S/C8H10BrO5P/c1-13-7-3-2-6(5-9)4-8(7)14-15(10,11)12/h2-4H,5H2,1H3,(H2,10,11,12). The fourth-order valence-corrected chi connectivity index (χ4v) is 1.75. The molecule has 7 heteroatoms. The topological polar surface area (TPSA) is 76.0 Å². The second-order valence-corrected chi connectivity index (χ2v) is 4.43. The fourth-order valence-electron chi connectivity index (χ4n) is 1.00. The van der Waals surface area contributed by atoms with Crippen LogP contribution in [-0.2, 0) is 9.90 Å². The maximum Gasteiger partial charge on any atom is 0.524 e. The van der Waals surface area contributed by atoms with E-state index in [1.54, 1.807) is 12.1 Å². The summed E-state index contributed by atoms with van der Waals surface area (Å²) >= 11 is 3.23. The lowest BCUT2D eigenvalue weighted by Crippen LogP contribution is -1.94. The number of halogens is 1. The maximum absolute atomic E-state index is 10.7. The zero-order valence-electron chi connectivity index (χ0n) is 7.88. The van der Waals surface area contributed by atoms with E-state index in [0.717, 1.165) is 5.56 Å². The zero-order chi connectivity index (χ0) is 11.5. The van der Waals surface area contributed by atoms with Gasteiger partial charge in [0.1, 0.15) is 0 Å². The van der Waals surface area contributed by atoms with Crippen LogP contribution in [0.1, 0.15) is 5.56 Å². The molecule has 1 rings (SSSR count). The Hall–Kier alpha value is -0.550. The van der Waals surface area contributed by atoms with E-state index in [9.17, 15) is 4.57 Å². The van der Waals surface area contributed by atoms with Crippen LogP contribution in [0.2, 0.25) is 0 Å². The van der Waals surface area contributed by atoms with E-state index in [-0.39, 0.29) is 11.5 Å². The Morgan fingerprint density at radius 1 is 1.40 bits per heavy atom. The van der Waals surface area contributed by atoms with E-state index in [4.69, 9.17) is 14.5 Å². The summed E-state index contributed by atoms with van der Waals surface area (Å²) in [6.07, 6.45) is 0. The van der Waals surface area contributed by atoms with Crippen molar-refractivity contribution < 1.29 is 23.6 Å². The van der Waals surface area contributed by atoms with Crippen LogP contribution in [0, 0.1) is 0 Å². The lowest BCUT2D eigenvalue weighted by atomic mass is 10.2. The third kappa shape index (κ3) is 3.83. The first-order chi connectivity index (χ1) is 6.96. The van der Waals surface area contributed by atoms with Gasteiger partial charge in [0, 0.05) is 5.33 Å². The van der Waals surface area contributed by atoms with Crippen LogP contribution in [0.5, 0.6) is 11.5 Å². The largest absolute Gasteiger partial charge is 0.524 e. The first kappa shape index (κ1) is 12.5. The molecular weight excluding hydrogens is 287 g/mol. The molecule has 0 aliphatic rings. The summed E-state index contributed by atoms with van der Waals surface area (Å²) in [7, 11) is -3.15. The van der Waals surface area contributed by atoms with E-state index >= 15 is 0 Å². The van der Waals surface area contributed by atoms with Crippen molar-refractivity contribution in [3.63, 3.8) is 0 Å². The number of rotatable bonds is 4. The van der Waals surface area contributed by atoms with Crippen LogP contribution < -0.4 is 9.26 Å². The van der Waals surface area contributed by atoms with Gasteiger partial charge in [-0.3, -0.25) is 9.79 Å². The molecule has 0 heterocycles.